The van der Waals surface area contributed by atoms with Crippen molar-refractivity contribution in [2.24, 2.45) is 4.99 Å². The quantitative estimate of drug-likeness (QED) is 0.187. The molecule has 0 aliphatic heterocycles. The summed E-state index contributed by atoms with van der Waals surface area (Å²) >= 11 is 0. The highest BCUT2D eigenvalue weighted by Gasteiger charge is 2.16. The van der Waals surface area contributed by atoms with Gasteiger partial charge in [-0.15, -0.1) is 24.0 Å². The maximum absolute atomic E-state index is 12.0. The first-order valence-electron chi connectivity index (χ1n) is 9.51. The lowest BCUT2D eigenvalue weighted by atomic mass is 9.95. The Morgan fingerprint density at radius 1 is 1.00 bits per heavy atom. The minimum Gasteiger partial charge on any atom is -0.444 e. The van der Waals surface area contributed by atoms with Crippen molar-refractivity contribution in [1.82, 2.24) is 21.3 Å². The van der Waals surface area contributed by atoms with E-state index in [1.165, 1.54) is 19.3 Å². The molecular weight excluding hydrogens is 461 g/mol. The molecule has 1 fully saturated rings. The zero-order valence-electron chi connectivity index (χ0n) is 17.0. The van der Waals surface area contributed by atoms with Gasteiger partial charge < -0.3 is 26.0 Å². The smallest absolute Gasteiger partial charge is 0.407 e. The van der Waals surface area contributed by atoms with Gasteiger partial charge >= 0.3 is 6.09 Å². The van der Waals surface area contributed by atoms with Gasteiger partial charge in [-0.25, -0.2) is 4.79 Å². The average Bonchev–Trinajstić information content (AvgIpc) is 2.56. The van der Waals surface area contributed by atoms with Crippen molar-refractivity contribution in [3.63, 3.8) is 0 Å². The van der Waals surface area contributed by atoms with Gasteiger partial charge in [-0.1, -0.05) is 19.3 Å². The number of hydrogen-bond donors (Lipinski definition) is 4. The Morgan fingerprint density at radius 2 is 1.59 bits per heavy atom. The normalized spacial score (nSPS) is 15.3. The first kappa shape index (κ1) is 25.7. The van der Waals surface area contributed by atoms with E-state index in [0.717, 1.165) is 12.8 Å². The number of halogens is 1. The van der Waals surface area contributed by atoms with Crippen LogP contribution in [0.1, 0.15) is 59.3 Å². The second-order valence-corrected chi connectivity index (χ2v) is 7.51. The largest absolute Gasteiger partial charge is 0.444 e. The van der Waals surface area contributed by atoms with Gasteiger partial charge in [-0.05, 0) is 33.6 Å². The van der Waals surface area contributed by atoms with Gasteiger partial charge in [0, 0.05) is 39.1 Å². The number of carbonyl (C=O) groups excluding carboxylic acids is 2. The van der Waals surface area contributed by atoms with Crippen LogP contribution >= 0.6 is 24.0 Å². The summed E-state index contributed by atoms with van der Waals surface area (Å²) in [5.74, 6) is 0.674. The predicted octanol–water partition coefficient (Wildman–Crippen LogP) is 2.13. The third kappa shape index (κ3) is 13.5. The zero-order valence-corrected chi connectivity index (χ0v) is 19.4. The average molecular weight is 497 g/mol. The number of guanidine groups is 1. The van der Waals surface area contributed by atoms with Crippen molar-refractivity contribution < 1.29 is 14.3 Å². The summed E-state index contributed by atoms with van der Waals surface area (Å²) in [5.41, 5.74) is -0.507. The topological polar surface area (TPSA) is 104 Å². The molecule has 0 aromatic heterocycles. The van der Waals surface area contributed by atoms with Gasteiger partial charge in [-0.2, -0.15) is 0 Å². The van der Waals surface area contributed by atoms with Gasteiger partial charge in [0.05, 0.1) is 0 Å². The van der Waals surface area contributed by atoms with E-state index in [1.807, 2.05) is 20.8 Å². The van der Waals surface area contributed by atoms with Gasteiger partial charge in [0.2, 0.25) is 5.91 Å². The Labute approximate surface area is 180 Å². The van der Waals surface area contributed by atoms with Crippen LogP contribution in [0.4, 0.5) is 4.79 Å². The summed E-state index contributed by atoms with van der Waals surface area (Å²) in [6.45, 7) is 6.89. The molecule has 0 saturated heterocycles. The molecule has 9 heteroatoms. The first-order chi connectivity index (χ1) is 12.3. The molecule has 0 atom stereocenters. The number of ether oxygens (including phenoxy) is 1. The van der Waals surface area contributed by atoms with E-state index in [0.29, 0.717) is 38.1 Å². The van der Waals surface area contributed by atoms with E-state index in [2.05, 4.69) is 26.3 Å². The molecule has 4 N–H and O–H groups in total. The number of aliphatic imine (C=N–C) groups is 1. The van der Waals surface area contributed by atoms with E-state index >= 15 is 0 Å². The molecule has 0 spiro atoms. The zero-order chi connectivity index (χ0) is 19.4. The van der Waals surface area contributed by atoms with Gasteiger partial charge in [0.15, 0.2) is 5.96 Å². The van der Waals surface area contributed by atoms with Crippen LogP contribution in [0.15, 0.2) is 4.99 Å². The summed E-state index contributed by atoms with van der Waals surface area (Å²) in [6, 6.07) is 0.340. The van der Waals surface area contributed by atoms with Crippen molar-refractivity contribution in [2.75, 3.05) is 26.7 Å². The van der Waals surface area contributed by atoms with Gasteiger partial charge in [0.25, 0.3) is 0 Å². The third-order valence-electron chi connectivity index (χ3n) is 3.92. The molecule has 1 aliphatic rings. The van der Waals surface area contributed by atoms with Gasteiger partial charge in [-0.3, -0.25) is 9.79 Å². The summed E-state index contributed by atoms with van der Waals surface area (Å²) < 4.78 is 5.16. The van der Waals surface area contributed by atoms with E-state index in [9.17, 15) is 9.59 Å². The van der Waals surface area contributed by atoms with E-state index in [1.54, 1.807) is 7.05 Å². The van der Waals surface area contributed by atoms with Crippen molar-refractivity contribution in [3.05, 3.63) is 0 Å². The molecule has 8 nitrogen and oxygen atoms in total. The molecule has 0 aromatic carbocycles. The number of nitrogens with one attached hydrogen (secondary N) is 4. The summed E-state index contributed by atoms with van der Waals surface area (Å²) in [6.07, 6.45) is 5.84. The molecular formula is C18H36IN5O3. The molecule has 27 heavy (non-hydrogen) atoms. The van der Waals surface area contributed by atoms with E-state index in [4.69, 9.17) is 4.74 Å². The fraction of sp³-hybridized carbons (Fsp3) is 0.833. The summed E-state index contributed by atoms with van der Waals surface area (Å²) in [4.78, 5) is 27.6. The fourth-order valence-electron chi connectivity index (χ4n) is 2.72. The van der Waals surface area contributed by atoms with Gasteiger partial charge in [0.1, 0.15) is 5.60 Å². The third-order valence-corrected chi connectivity index (χ3v) is 3.92. The summed E-state index contributed by atoms with van der Waals surface area (Å²) in [7, 11) is 1.67. The fourth-order valence-corrected chi connectivity index (χ4v) is 2.72. The maximum atomic E-state index is 12.0. The number of amides is 2. The van der Waals surface area contributed by atoms with Crippen LogP contribution in [0.2, 0.25) is 0 Å². The molecule has 158 valence electrons. The Hall–Kier alpha value is -1.26. The van der Waals surface area contributed by atoms with Crippen LogP contribution in [0.25, 0.3) is 0 Å². The molecule has 0 bridgehead atoms. The highest BCUT2D eigenvalue weighted by molar-refractivity contribution is 14.0. The number of nitrogens with zero attached hydrogens (tertiary/aromatic N) is 1. The van der Waals surface area contributed by atoms with Crippen molar-refractivity contribution >= 4 is 41.9 Å². The second-order valence-electron chi connectivity index (χ2n) is 7.51. The lowest BCUT2D eigenvalue weighted by Crippen LogP contribution is -2.44. The van der Waals surface area contributed by atoms with E-state index < -0.39 is 11.7 Å². The monoisotopic (exact) mass is 497 g/mol. The predicted molar refractivity (Wildman–Crippen MR) is 119 cm³/mol. The number of carbonyl (C=O) groups is 2. The standard InChI is InChI=1S/C18H35N5O3.HI/c1-18(2,3)26-17(25)22-13-12-21-16(19-4)20-11-10-15(24)23-14-8-6-5-7-9-14;/h14H,5-13H2,1-4H3,(H,22,25)(H,23,24)(H2,19,20,21);1H. The molecule has 1 rings (SSSR count). The Bertz CT molecular complexity index is 474. The van der Waals surface area contributed by atoms with E-state index in [-0.39, 0.29) is 29.9 Å². The van der Waals surface area contributed by atoms with Crippen LogP contribution in [-0.2, 0) is 9.53 Å². The van der Waals surface area contributed by atoms with Crippen LogP contribution in [0, 0.1) is 0 Å². The minimum atomic E-state index is -0.507. The highest BCUT2D eigenvalue weighted by atomic mass is 127. The van der Waals surface area contributed by atoms with Crippen molar-refractivity contribution in [3.8, 4) is 0 Å². The number of rotatable bonds is 7. The number of hydrogen-bond acceptors (Lipinski definition) is 4. The van der Waals surface area contributed by atoms with Crippen LogP contribution in [-0.4, -0.2) is 56.3 Å². The second kappa shape index (κ2) is 13.8. The molecule has 0 heterocycles. The molecule has 1 saturated carbocycles. The molecule has 2 amide bonds. The Morgan fingerprint density at radius 3 is 2.19 bits per heavy atom. The molecule has 0 radical (unpaired) electrons. The lowest BCUT2D eigenvalue weighted by molar-refractivity contribution is -0.121. The number of alkyl carbamates (subject to hydrolysis) is 1. The lowest BCUT2D eigenvalue weighted by Gasteiger charge is -2.22. The molecule has 0 aromatic rings. The first-order valence-corrected chi connectivity index (χ1v) is 9.51. The van der Waals surface area contributed by atoms with Crippen LogP contribution in [0.3, 0.4) is 0 Å². The van der Waals surface area contributed by atoms with Crippen LogP contribution < -0.4 is 21.3 Å². The molecule has 1 aliphatic carbocycles. The maximum Gasteiger partial charge on any atom is 0.407 e. The highest BCUT2D eigenvalue weighted by Crippen LogP contribution is 2.17. The summed E-state index contributed by atoms with van der Waals surface area (Å²) in [5, 5.41) is 11.9. The van der Waals surface area contributed by atoms with Crippen molar-refractivity contribution in [1.29, 1.82) is 0 Å². The Balaban J connectivity index is 0.00000676. The minimum absolute atomic E-state index is 0. The SMILES string of the molecule is CN=C(NCCNC(=O)OC(C)(C)C)NCCC(=O)NC1CCCCC1.I. The van der Waals surface area contributed by atoms with Crippen molar-refractivity contribution in [2.45, 2.75) is 70.9 Å². The molecule has 0 unspecified atom stereocenters. The van der Waals surface area contributed by atoms with Crippen LogP contribution in [0.5, 0.6) is 0 Å². The Kier molecular flexibility index (Phi) is 13.2.